The van der Waals surface area contributed by atoms with Gasteiger partial charge in [0.25, 0.3) is 5.91 Å². The third-order valence-electron chi connectivity index (χ3n) is 4.96. The molecule has 188 valence electrons. The first-order valence-corrected chi connectivity index (χ1v) is 11.6. The molecule has 0 saturated carbocycles. The number of hydrogen-bond donors (Lipinski definition) is 3. The second-order valence-electron chi connectivity index (χ2n) is 9.29. The van der Waals surface area contributed by atoms with Crippen LogP contribution in [0, 0.1) is 5.82 Å². The van der Waals surface area contributed by atoms with Crippen molar-refractivity contribution in [2.75, 3.05) is 6.54 Å². The van der Waals surface area contributed by atoms with Crippen LogP contribution in [0.25, 0.3) is 0 Å². The predicted octanol–water partition coefficient (Wildman–Crippen LogP) is 2.72. The van der Waals surface area contributed by atoms with Gasteiger partial charge in [-0.05, 0) is 63.4 Å². The Kier molecular flexibility index (Phi) is 10.5. The first kappa shape index (κ1) is 27.6. The van der Waals surface area contributed by atoms with Crippen LogP contribution in [0.5, 0.6) is 0 Å². The topological polar surface area (TPSA) is 117 Å². The highest BCUT2D eigenvalue weighted by Gasteiger charge is 2.25. The number of aryl methyl sites for hydroxylation is 1. The number of nitrogens with zero attached hydrogens (tertiary/aromatic N) is 1. The van der Waals surface area contributed by atoms with Crippen LogP contribution in [0.15, 0.2) is 48.7 Å². The molecule has 1 heterocycles. The Bertz CT molecular complexity index is 1000. The molecule has 0 radical (unpaired) electrons. The molecule has 2 aromatic rings. The lowest BCUT2D eigenvalue weighted by Gasteiger charge is -2.23. The number of amides is 3. The number of hydrogen-bond acceptors (Lipinski definition) is 5. The molecule has 0 aliphatic rings. The van der Waals surface area contributed by atoms with E-state index in [4.69, 9.17) is 0 Å². The number of benzene rings is 1. The molecule has 1 aromatic carbocycles. The number of pyridine rings is 1. The van der Waals surface area contributed by atoms with E-state index in [1.54, 1.807) is 30.3 Å². The van der Waals surface area contributed by atoms with Gasteiger partial charge in [-0.2, -0.15) is 0 Å². The first-order valence-electron chi connectivity index (χ1n) is 11.6. The van der Waals surface area contributed by atoms with E-state index < -0.39 is 11.6 Å². The fourth-order valence-electron chi connectivity index (χ4n) is 3.30. The number of aromatic nitrogens is 1. The molecule has 0 aliphatic carbocycles. The van der Waals surface area contributed by atoms with E-state index in [2.05, 4.69) is 20.9 Å². The molecule has 2 rings (SSSR count). The van der Waals surface area contributed by atoms with Crippen molar-refractivity contribution in [3.05, 3.63) is 65.7 Å². The van der Waals surface area contributed by atoms with Gasteiger partial charge in [-0.1, -0.05) is 18.2 Å². The van der Waals surface area contributed by atoms with Gasteiger partial charge in [-0.3, -0.25) is 24.2 Å². The number of ketones is 1. The van der Waals surface area contributed by atoms with Crippen molar-refractivity contribution >= 4 is 23.5 Å². The van der Waals surface area contributed by atoms with Gasteiger partial charge >= 0.3 is 0 Å². The van der Waals surface area contributed by atoms with Crippen molar-refractivity contribution in [1.82, 2.24) is 20.9 Å². The fourth-order valence-corrected chi connectivity index (χ4v) is 3.30. The molecule has 8 nitrogen and oxygen atoms in total. The van der Waals surface area contributed by atoms with Crippen LogP contribution < -0.4 is 16.0 Å². The quantitative estimate of drug-likeness (QED) is 0.401. The zero-order chi connectivity index (χ0) is 25.8. The predicted molar refractivity (Wildman–Crippen MR) is 130 cm³/mol. The van der Waals surface area contributed by atoms with E-state index in [9.17, 15) is 23.6 Å². The lowest BCUT2D eigenvalue weighted by molar-refractivity contribution is -0.131. The normalized spacial score (nSPS) is 11.9. The zero-order valence-corrected chi connectivity index (χ0v) is 20.4. The van der Waals surface area contributed by atoms with E-state index >= 15 is 0 Å². The SMILES string of the molecule is CC(C)(C)NC(=O)C[C@H](NC(=O)CCc1ccc(F)cc1)C(=O)CCCNC(=O)c1ccccn1. The summed E-state index contributed by atoms with van der Waals surface area (Å²) >= 11 is 0. The maximum Gasteiger partial charge on any atom is 0.269 e. The zero-order valence-electron chi connectivity index (χ0n) is 20.4. The molecule has 35 heavy (non-hydrogen) atoms. The molecule has 1 atom stereocenters. The highest BCUT2D eigenvalue weighted by Crippen LogP contribution is 2.08. The summed E-state index contributed by atoms with van der Waals surface area (Å²) in [5.74, 6) is -1.72. The van der Waals surface area contributed by atoms with Gasteiger partial charge in [-0.25, -0.2) is 4.39 Å². The van der Waals surface area contributed by atoms with Gasteiger partial charge in [0.15, 0.2) is 5.78 Å². The highest BCUT2D eigenvalue weighted by atomic mass is 19.1. The summed E-state index contributed by atoms with van der Waals surface area (Å²) in [5, 5.41) is 8.17. The number of rotatable bonds is 12. The number of carbonyl (C=O) groups is 4. The van der Waals surface area contributed by atoms with Gasteiger partial charge in [0.1, 0.15) is 11.5 Å². The van der Waals surface area contributed by atoms with Crippen molar-refractivity contribution in [1.29, 1.82) is 0 Å². The molecule has 0 saturated heterocycles. The maximum absolute atomic E-state index is 13.1. The standard InChI is InChI=1S/C26H33FN4O4/c1-26(2,3)31-24(34)17-21(30-23(33)14-11-18-9-12-19(27)13-10-18)22(32)8-6-16-29-25(35)20-7-4-5-15-28-20/h4-5,7,9-10,12-13,15,21H,6,8,11,14,16-17H2,1-3H3,(H,29,35)(H,30,33)(H,31,34)/t21-/m0/s1. The van der Waals surface area contributed by atoms with Gasteiger partial charge in [0.05, 0.1) is 12.5 Å². The number of Topliss-reactive ketones (excluding diaryl/α,β-unsaturated/α-hetero) is 1. The van der Waals surface area contributed by atoms with Crippen LogP contribution in [-0.2, 0) is 20.8 Å². The van der Waals surface area contributed by atoms with Crippen LogP contribution in [0.2, 0.25) is 0 Å². The fraction of sp³-hybridized carbons (Fsp3) is 0.423. The van der Waals surface area contributed by atoms with Gasteiger partial charge in [0, 0.05) is 31.1 Å². The summed E-state index contributed by atoms with van der Waals surface area (Å²) < 4.78 is 13.1. The molecule has 0 spiro atoms. The molecule has 0 unspecified atom stereocenters. The van der Waals surface area contributed by atoms with E-state index in [0.717, 1.165) is 5.56 Å². The molecule has 1 aromatic heterocycles. The molecule has 0 bridgehead atoms. The summed E-state index contributed by atoms with van der Waals surface area (Å²) in [4.78, 5) is 53.8. The van der Waals surface area contributed by atoms with Crippen molar-refractivity contribution in [2.24, 2.45) is 0 Å². The minimum absolute atomic E-state index is 0.0776. The summed E-state index contributed by atoms with van der Waals surface area (Å²) in [5.41, 5.74) is 0.593. The molecule has 3 N–H and O–H groups in total. The molecule has 9 heteroatoms. The van der Waals surface area contributed by atoms with Crippen molar-refractivity contribution in [3.63, 3.8) is 0 Å². The Morgan fingerprint density at radius 2 is 1.69 bits per heavy atom. The molecule has 0 aliphatic heterocycles. The summed E-state index contributed by atoms with van der Waals surface area (Å²) in [7, 11) is 0. The average Bonchev–Trinajstić information content (AvgIpc) is 2.80. The summed E-state index contributed by atoms with van der Waals surface area (Å²) in [6.45, 7) is 5.73. The van der Waals surface area contributed by atoms with Gasteiger partial charge in [-0.15, -0.1) is 0 Å². The Morgan fingerprint density at radius 1 is 0.971 bits per heavy atom. The van der Waals surface area contributed by atoms with E-state index in [1.165, 1.54) is 18.3 Å². The monoisotopic (exact) mass is 484 g/mol. The Morgan fingerprint density at radius 3 is 2.31 bits per heavy atom. The summed E-state index contributed by atoms with van der Waals surface area (Å²) in [6.07, 6.45) is 2.23. The molecule has 0 fully saturated rings. The first-order chi connectivity index (χ1) is 16.5. The Labute approximate surface area is 205 Å². The van der Waals surface area contributed by atoms with Gasteiger partial charge < -0.3 is 16.0 Å². The van der Waals surface area contributed by atoms with E-state index in [-0.39, 0.29) is 60.8 Å². The van der Waals surface area contributed by atoms with Crippen molar-refractivity contribution in [3.8, 4) is 0 Å². The second kappa shape index (κ2) is 13.3. The molecule has 3 amide bonds. The van der Waals surface area contributed by atoms with Crippen LogP contribution in [0.3, 0.4) is 0 Å². The van der Waals surface area contributed by atoms with Crippen LogP contribution in [0.1, 0.15) is 62.5 Å². The maximum atomic E-state index is 13.1. The largest absolute Gasteiger partial charge is 0.351 e. The Hall–Kier alpha value is -3.62. The lowest BCUT2D eigenvalue weighted by Crippen LogP contribution is -2.47. The third-order valence-corrected chi connectivity index (χ3v) is 4.96. The van der Waals surface area contributed by atoms with E-state index in [1.807, 2.05) is 20.8 Å². The van der Waals surface area contributed by atoms with Crippen molar-refractivity contribution in [2.45, 2.75) is 64.5 Å². The Balaban J connectivity index is 1.89. The molecular weight excluding hydrogens is 451 g/mol. The third kappa shape index (κ3) is 10.9. The second-order valence-corrected chi connectivity index (χ2v) is 9.29. The highest BCUT2D eigenvalue weighted by molar-refractivity contribution is 5.94. The van der Waals surface area contributed by atoms with Crippen LogP contribution >= 0.6 is 0 Å². The van der Waals surface area contributed by atoms with E-state index in [0.29, 0.717) is 12.8 Å². The number of carbonyl (C=O) groups excluding carboxylic acids is 4. The minimum Gasteiger partial charge on any atom is -0.351 e. The minimum atomic E-state index is -0.982. The average molecular weight is 485 g/mol. The summed E-state index contributed by atoms with van der Waals surface area (Å²) in [6, 6.07) is 9.86. The molecular formula is C26H33FN4O4. The van der Waals surface area contributed by atoms with Gasteiger partial charge in [0.2, 0.25) is 11.8 Å². The number of nitrogens with one attached hydrogen (secondary N) is 3. The number of halogens is 1. The van der Waals surface area contributed by atoms with Crippen molar-refractivity contribution < 1.29 is 23.6 Å². The van der Waals surface area contributed by atoms with Crippen LogP contribution in [0.4, 0.5) is 4.39 Å². The smallest absolute Gasteiger partial charge is 0.269 e. The van der Waals surface area contributed by atoms with Crippen LogP contribution in [-0.4, -0.2) is 46.6 Å². The lowest BCUT2D eigenvalue weighted by atomic mass is 10.0.